The molecule has 1 aliphatic rings. The molecule has 0 aliphatic carbocycles. The predicted octanol–water partition coefficient (Wildman–Crippen LogP) is 0.115. The van der Waals surface area contributed by atoms with E-state index in [-0.39, 0.29) is 13.0 Å². The maximum Gasteiger partial charge on any atom is 0.338 e. The minimum Gasteiger partial charge on any atom is -0.479 e. The highest BCUT2D eigenvalue weighted by atomic mass is 16.7. The summed E-state index contributed by atoms with van der Waals surface area (Å²) in [6.07, 6.45) is -0.843. The minimum absolute atomic E-state index is 0.0381. The molecule has 3 unspecified atom stereocenters. The zero-order valence-electron chi connectivity index (χ0n) is 10.6. The molecule has 100 valence electrons. The van der Waals surface area contributed by atoms with Gasteiger partial charge in [0.1, 0.15) is 11.7 Å². The van der Waals surface area contributed by atoms with E-state index < -0.39 is 29.1 Å². The molecule has 6 heteroatoms. The maximum absolute atomic E-state index is 11.0. The molecule has 0 aromatic rings. The van der Waals surface area contributed by atoms with Crippen LogP contribution in [0.15, 0.2) is 0 Å². The van der Waals surface area contributed by atoms with Gasteiger partial charge in [-0.3, -0.25) is 0 Å². The summed E-state index contributed by atoms with van der Waals surface area (Å²) in [5.41, 5.74) is -4.19. The van der Waals surface area contributed by atoms with Gasteiger partial charge in [-0.05, 0) is 27.2 Å². The monoisotopic (exact) mass is 248 g/mol. The van der Waals surface area contributed by atoms with Crippen molar-refractivity contribution in [3.8, 4) is 0 Å². The molecule has 3 N–H and O–H groups in total. The number of ether oxygens (including phenoxy) is 2. The molecule has 1 fully saturated rings. The number of aliphatic carboxylic acids is 1. The molecular weight excluding hydrogens is 228 g/mol. The number of hydrogen-bond donors (Lipinski definition) is 3. The SMILES string of the molecule is CCC(O)(C1COC(C)(C)O1)C(C)(O)C(=O)O. The molecule has 1 saturated heterocycles. The lowest BCUT2D eigenvalue weighted by molar-refractivity contribution is -0.229. The molecule has 6 nitrogen and oxygen atoms in total. The number of carbonyl (C=O) groups is 1. The minimum atomic E-state index is -2.30. The molecule has 3 atom stereocenters. The molecule has 0 aromatic heterocycles. The summed E-state index contributed by atoms with van der Waals surface area (Å²) >= 11 is 0. The normalized spacial score (nSPS) is 30.6. The van der Waals surface area contributed by atoms with E-state index in [1.807, 2.05) is 0 Å². The van der Waals surface area contributed by atoms with Gasteiger partial charge in [-0.25, -0.2) is 4.79 Å². The Morgan fingerprint density at radius 1 is 1.47 bits per heavy atom. The summed E-state index contributed by atoms with van der Waals surface area (Å²) in [6.45, 7) is 6.03. The first-order valence-corrected chi connectivity index (χ1v) is 5.57. The fraction of sp³-hybridized carbons (Fsp3) is 0.909. The van der Waals surface area contributed by atoms with E-state index in [4.69, 9.17) is 14.6 Å². The molecule has 17 heavy (non-hydrogen) atoms. The lowest BCUT2D eigenvalue weighted by Gasteiger charge is -2.41. The lowest BCUT2D eigenvalue weighted by Crippen LogP contribution is -2.64. The molecule has 1 aliphatic heterocycles. The Hall–Kier alpha value is -0.690. The molecule has 0 spiro atoms. The summed E-state index contributed by atoms with van der Waals surface area (Å²) in [6, 6.07) is 0. The molecule has 0 bridgehead atoms. The number of carboxylic acid groups (broad SMARTS) is 1. The van der Waals surface area contributed by atoms with E-state index in [1.165, 1.54) is 0 Å². The Kier molecular flexibility index (Phi) is 3.55. The van der Waals surface area contributed by atoms with Crippen LogP contribution in [-0.4, -0.2) is 51.0 Å². The van der Waals surface area contributed by atoms with Crippen LogP contribution in [0.1, 0.15) is 34.1 Å². The van der Waals surface area contributed by atoms with Crippen molar-refractivity contribution in [2.75, 3.05) is 6.61 Å². The molecule has 0 saturated carbocycles. The van der Waals surface area contributed by atoms with Gasteiger partial charge in [-0.15, -0.1) is 0 Å². The summed E-state index contributed by atoms with van der Waals surface area (Å²) in [5.74, 6) is -2.38. The second-order valence-electron chi connectivity index (χ2n) is 4.97. The van der Waals surface area contributed by atoms with Gasteiger partial charge >= 0.3 is 5.97 Å². The van der Waals surface area contributed by atoms with Crippen LogP contribution < -0.4 is 0 Å². The van der Waals surface area contributed by atoms with Crippen molar-refractivity contribution in [2.24, 2.45) is 0 Å². The fourth-order valence-electron chi connectivity index (χ4n) is 1.99. The highest BCUT2D eigenvalue weighted by Crippen LogP contribution is 2.37. The van der Waals surface area contributed by atoms with Crippen molar-refractivity contribution >= 4 is 5.97 Å². The molecule has 0 radical (unpaired) electrons. The van der Waals surface area contributed by atoms with Gasteiger partial charge < -0.3 is 24.8 Å². The number of aliphatic hydroxyl groups is 2. The smallest absolute Gasteiger partial charge is 0.338 e. The van der Waals surface area contributed by atoms with Crippen LogP contribution in [0.3, 0.4) is 0 Å². The van der Waals surface area contributed by atoms with Crippen LogP contribution in [0.4, 0.5) is 0 Å². The van der Waals surface area contributed by atoms with Crippen LogP contribution in [0, 0.1) is 0 Å². The van der Waals surface area contributed by atoms with E-state index in [1.54, 1.807) is 20.8 Å². The van der Waals surface area contributed by atoms with Crippen molar-refractivity contribution in [3.63, 3.8) is 0 Å². The van der Waals surface area contributed by atoms with Crippen molar-refractivity contribution in [3.05, 3.63) is 0 Å². The average Bonchev–Trinajstić information content (AvgIpc) is 2.57. The number of hydrogen-bond acceptors (Lipinski definition) is 5. The lowest BCUT2D eigenvalue weighted by atomic mass is 9.78. The van der Waals surface area contributed by atoms with Crippen molar-refractivity contribution in [2.45, 2.75) is 57.2 Å². The number of rotatable bonds is 4. The van der Waals surface area contributed by atoms with Crippen LogP contribution in [-0.2, 0) is 14.3 Å². The Morgan fingerprint density at radius 3 is 2.29 bits per heavy atom. The van der Waals surface area contributed by atoms with E-state index in [2.05, 4.69) is 0 Å². The van der Waals surface area contributed by atoms with Gasteiger partial charge in [-0.2, -0.15) is 0 Å². The first-order chi connectivity index (χ1) is 7.57. The van der Waals surface area contributed by atoms with E-state index >= 15 is 0 Å². The van der Waals surface area contributed by atoms with Gasteiger partial charge in [0.05, 0.1) is 6.61 Å². The van der Waals surface area contributed by atoms with Crippen molar-refractivity contribution in [1.82, 2.24) is 0 Å². The highest BCUT2D eigenvalue weighted by Gasteiger charge is 2.58. The summed E-state index contributed by atoms with van der Waals surface area (Å²) in [7, 11) is 0. The molecule has 1 rings (SSSR count). The first kappa shape index (κ1) is 14.4. The second kappa shape index (κ2) is 4.20. The van der Waals surface area contributed by atoms with Crippen molar-refractivity contribution in [1.29, 1.82) is 0 Å². The third-order valence-electron chi connectivity index (χ3n) is 3.34. The summed E-state index contributed by atoms with van der Waals surface area (Å²) in [5, 5.41) is 29.4. The van der Waals surface area contributed by atoms with Gasteiger partial charge in [0, 0.05) is 0 Å². The highest BCUT2D eigenvalue weighted by molar-refractivity contribution is 5.78. The predicted molar refractivity (Wildman–Crippen MR) is 58.4 cm³/mol. The van der Waals surface area contributed by atoms with Gasteiger partial charge in [0.15, 0.2) is 11.4 Å². The van der Waals surface area contributed by atoms with Crippen LogP contribution in [0.2, 0.25) is 0 Å². The van der Waals surface area contributed by atoms with Gasteiger partial charge in [0.2, 0.25) is 0 Å². The van der Waals surface area contributed by atoms with Crippen LogP contribution in [0.5, 0.6) is 0 Å². The van der Waals surface area contributed by atoms with Crippen molar-refractivity contribution < 1.29 is 29.6 Å². The van der Waals surface area contributed by atoms with Gasteiger partial charge in [-0.1, -0.05) is 6.92 Å². The Morgan fingerprint density at radius 2 is 2.00 bits per heavy atom. The van der Waals surface area contributed by atoms with Crippen LogP contribution in [0.25, 0.3) is 0 Å². The Balaban J connectivity index is 3.02. The third-order valence-corrected chi connectivity index (χ3v) is 3.34. The molecular formula is C11H20O6. The second-order valence-corrected chi connectivity index (χ2v) is 4.97. The standard InChI is InChI=1S/C11H20O6/c1-5-11(15,10(4,14)8(12)13)7-6-16-9(2,3)17-7/h7,14-15H,5-6H2,1-4H3,(H,12,13). The first-order valence-electron chi connectivity index (χ1n) is 5.57. The maximum atomic E-state index is 11.0. The molecule has 0 aromatic carbocycles. The van der Waals surface area contributed by atoms with E-state index in [9.17, 15) is 15.0 Å². The van der Waals surface area contributed by atoms with E-state index in [0.717, 1.165) is 6.92 Å². The quantitative estimate of drug-likeness (QED) is 0.653. The molecule has 0 amide bonds. The van der Waals surface area contributed by atoms with Gasteiger partial charge in [0.25, 0.3) is 0 Å². The Bertz CT molecular complexity index is 311. The zero-order chi connectivity index (χ0) is 13.5. The summed E-state index contributed by atoms with van der Waals surface area (Å²) < 4.78 is 10.7. The summed E-state index contributed by atoms with van der Waals surface area (Å²) in [4.78, 5) is 11.0. The largest absolute Gasteiger partial charge is 0.479 e. The Labute approximate surface area is 100 Å². The number of carboxylic acids is 1. The average molecular weight is 248 g/mol. The topological polar surface area (TPSA) is 96.2 Å². The molecule has 1 heterocycles. The van der Waals surface area contributed by atoms with Crippen LogP contribution >= 0.6 is 0 Å². The third kappa shape index (κ3) is 2.30. The van der Waals surface area contributed by atoms with E-state index in [0.29, 0.717) is 0 Å². The fourth-order valence-corrected chi connectivity index (χ4v) is 1.99. The zero-order valence-corrected chi connectivity index (χ0v) is 10.6.